The summed E-state index contributed by atoms with van der Waals surface area (Å²) in [6.07, 6.45) is 23.4. The van der Waals surface area contributed by atoms with Gasteiger partial charge in [-0.15, -0.1) is 0 Å². The highest BCUT2D eigenvalue weighted by Crippen LogP contribution is 2.47. The van der Waals surface area contributed by atoms with Crippen molar-refractivity contribution in [2.75, 3.05) is 22.9 Å². The van der Waals surface area contributed by atoms with Crippen molar-refractivity contribution >= 4 is 90.2 Å². The van der Waals surface area contributed by atoms with E-state index in [9.17, 15) is 0 Å². The van der Waals surface area contributed by atoms with Gasteiger partial charge in [-0.05, 0) is 67.8 Å². The maximum atomic E-state index is 2.50. The number of hydrogen-bond donors (Lipinski definition) is 0. The van der Waals surface area contributed by atoms with E-state index in [0.29, 0.717) is 0 Å². The van der Waals surface area contributed by atoms with E-state index in [2.05, 4.69) is 180 Å². The van der Waals surface area contributed by atoms with Gasteiger partial charge in [0.1, 0.15) is 15.9 Å². The number of thiazole rings is 2. The molecule has 0 fully saturated rings. The molecule has 58 heavy (non-hydrogen) atoms. The Morgan fingerprint density at radius 1 is 0.483 bits per heavy atom. The fraction of sp³-hybridized carbons (Fsp3) is 0.320. The number of benzene rings is 4. The third kappa shape index (κ3) is 10.0. The fourth-order valence-electron chi connectivity index (χ4n) is 7.54. The average molecular weight is 843 g/mol. The summed E-state index contributed by atoms with van der Waals surface area (Å²) in [6, 6.07) is 35.0. The molecule has 6 aromatic rings. The Morgan fingerprint density at radius 3 is 1.50 bits per heavy atom. The van der Waals surface area contributed by atoms with Crippen LogP contribution in [0.25, 0.3) is 32.6 Å². The average Bonchev–Trinajstić information content (AvgIpc) is 4.00. The van der Waals surface area contributed by atoms with Crippen molar-refractivity contribution in [3.63, 3.8) is 0 Å². The SMILES string of the molecule is CCCCCN1C(=CC=Cc2sc3ccccc3[n+]2CCCCC)Sc2ccccc21.CCCN1C(=CC=Cc2sc3ccccc3[n+]2CCC)Sc2ccccc21. The first-order valence-corrected chi connectivity index (χ1v) is 24.6. The number of nitrogens with zero attached hydrogens (tertiary/aromatic N) is 4. The third-order valence-electron chi connectivity index (χ3n) is 10.4. The second-order valence-corrected chi connectivity index (χ2v) is 19.0. The molecule has 0 spiro atoms. The summed E-state index contributed by atoms with van der Waals surface area (Å²) in [5, 5.41) is 5.31. The fourth-order valence-corrected chi connectivity index (χ4v) is 11.9. The van der Waals surface area contributed by atoms with Gasteiger partial charge in [0.25, 0.3) is 10.0 Å². The number of unbranched alkanes of at least 4 members (excludes halogenated alkanes) is 4. The lowest BCUT2D eigenvalue weighted by Crippen LogP contribution is -2.34. The van der Waals surface area contributed by atoms with Crippen LogP contribution in [0.15, 0.2) is 141 Å². The number of hydrogen-bond acceptors (Lipinski definition) is 6. The van der Waals surface area contributed by atoms with Gasteiger partial charge in [0, 0.05) is 60.0 Å². The largest absolute Gasteiger partial charge is 0.335 e. The highest BCUT2D eigenvalue weighted by atomic mass is 32.2. The number of rotatable bonds is 16. The normalized spacial score (nSPS) is 15.1. The predicted octanol–water partition coefficient (Wildman–Crippen LogP) is 14.5. The van der Waals surface area contributed by atoms with Crippen LogP contribution >= 0.6 is 46.2 Å². The van der Waals surface area contributed by atoms with Gasteiger partial charge in [0.15, 0.2) is 6.54 Å². The van der Waals surface area contributed by atoms with Gasteiger partial charge in [0.2, 0.25) is 11.0 Å². The molecule has 0 aliphatic carbocycles. The lowest BCUT2D eigenvalue weighted by Gasteiger charge is -2.20. The Kier molecular flexibility index (Phi) is 15.4. The summed E-state index contributed by atoms with van der Waals surface area (Å²) in [5.41, 5.74) is 5.40. The topological polar surface area (TPSA) is 14.2 Å². The molecule has 0 bridgehead atoms. The van der Waals surface area contributed by atoms with Gasteiger partial charge in [-0.2, -0.15) is 9.13 Å². The molecule has 8 rings (SSSR count). The van der Waals surface area contributed by atoms with Crippen LogP contribution in [0.5, 0.6) is 0 Å². The van der Waals surface area contributed by atoms with Gasteiger partial charge in [-0.1, -0.05) is 154 Å². The van der Waals surface area contributed by atoms with Gasteiger partial charge >= 0.3 is 0 Å². The van der Waals surface area contributed by atoms with Crippen LogP contribution in [0.2, 0.25) is 0 Å². The van der Waals surface area contributed by atoms with E-state index >= 15 is 0 Å². The lowest BCUT2D eigenvalue weighted by atomic mass is 10.2. The Labute approximate surface area is 363 Å². The molecule has 0 saturated heterocycles. The molecular weight excluding hydrogens is 785 g/mol. The van der Waals surface area contributed by atoms with Crippen LogP contribution in [0.4, 0.5) is 11.4 Å². The Balaban J connectivity index is 0.000000178. The molecule has 2 aromatic heterocycles. The first-order chi connectivity index (χ1) is 28.6. The summed E-state index contributed by atoms with van der Waals surface area (Å²) >= 11 is 7.53. The number of para-hydroxylation sites is 4. The summed E-state index contributed by atoms with van der Waals surface area (Å²) < 4.78 is 7.67. The van der Waals surface area contributed by atoms with Crippen molar-refractivity contribution in [2.45, 2.75) is 102 Å². The Morgan fingerprint density at radius 2 is 0.966 bits per heavy atom. The number of aryl methyl sites for hydroxylation is 2. The molecule has 0 unspecified atom stereocenters. The van der Waals surface area contributed by atoms with Gasteiger partial charge in [-0.3, -0.25) is 0 Å². The molecule has 0 radical (unpaired) electrons. The Bertz CT molecular complexity index is 2400. The zero-order chi connectivity index (χ0) is 40.1. The highest BCUT2D eigenvalue weighted by molar-refractivity contribution is 8.04. The van der Waals surface area contributed by atoms with Crippen molar-refractivity contribution < 1.29 is 9.13 Å². The molecule has 0 saturated carbocycles. The van der Waals surface area contributed by atoms with Crippen molar-refractivity contribution in [2.24, 2.45) is 0 Å². The van der Waals surface area contributed by atoms with E-state index in [0.717, 1.165) is 39.0 Å². The zero-order valence-corrected chi connectivity index (χ0v) is 37.9. The molecule has 0 N–H and O–H groups in total. The predicted molar refractivity (Wildman–Crippen MR) is 257 cm³/mol. The lowest BCUT2D eigenvalue weighted by molar-refractivity contribution is -0.669. The summed E-state index contributed by atoms with van der Waals surface area (Å²) in [7, 11) is 0. The third-order valence-corrected chi connectivity index (χ3v) is 14.9. The zero-order valence-electron chi connectivity index (χ0n) is 34.6. The standard InChI is InChI=1S/C27H33N2S2.C23H25N2S2/c1-3-5-11-20-28-22-14-7-9-16-24(22)30-26(28)18-13-19-27-29(21-12-6-4-2)23-15-8-10-17-25(23)31-27;1-3-16-24-18-10-5-7-12-20(18)26-22(24)14-9-15-23-25(17-4-2)19-11-6-8-13-21(19)27-23/h7-10,13-19H,3-6,11-12,20-21H2,1-2H3;5-15H,3-4,16-17H2,1-2H3/q2*+1. The number of thioether (sulfide) groups is 2. The van der Waals surface area contributed by atoms with Crippen LogP contribution in [0, 0.1) is 0 Å². The number of anilines is 2. The van der Waals surface area contributed by atoms with Crippen molar-refractivity contribution in [1.29, 1.82) is 0 Å². The number of aromatic nitrogens is 2. The van der Waals surface area contributed by atoms with Crippen LogP contribution < -0.4 is 18.9 Å². The van der Waals surface area contributed by atoms with Crippen LogP contribution in [-0.2, 0) is 13.1 Å². The smallest absolute Gasteiger partial charge is 0.262 e. The van der Waals surface area contributed by atoms with Crippen LogP contribution in [0.1, 0.15) is 89.1 Å². The summed E-state index contributed by atoms with van der Waals surface area (Å²) in [4.78, 5) is 7.67. The number of fused-ring (bicyclic) bond motifs is 4. The van der Waals surface area contributed by atoms with Crippen LogP contribution in [-0.4, -0.2) is 13.1 Å². The van der Waals surface area contributed by atoms with E-state index in [1.807, 2.05) is 46.2 Å². The second-order valence-electron chi connectivity index (χ2n) is 14.7. The molecule has 4 nitrogen and oxygen atoms in total. The molecule has 0 atom stereocenters. The van der Waals surface area contributed by atoms with E-state index in [-0.39, 0.29) is 0 Å². The monoisotopic (exact) mass is 842 g/mol. The first kappa shape index (κ1) is 42.1. The van der Waals surface area contributed by atoms with Crippen molar-refractivity contribution in [3.8, 4) is 0 Å². The highest BCUT2D eigenvalue weighted by Gasteiger charge is 2.25. The van der Waals surface area contributed by atoms with Gasteiger partial charge < -0.3 is 9.80 Å². The maximum Gasteiger partial charge on any atom is 0.262 e. The summed E-state index contributed by atoms with van der Waals surface area (Å²) in [5.74, 6) is 0. The minimum atomic E-state index is 1.06. The molecule has 300 valence electrons. The quantitative estimate of drug-likeness (QED) is 0.0711. The van der Waals surface area contributed by atoms with E-state index in [4.69, 9.17) is 0 Å². The Hall–Kier alpha value is -4.08. The van der Waals surface area contributed by atoms with Gasteiger partial charge in [0.05, 0.1) is 21.4 Å². The van der Waals surface area contributed by atoms with Crippen molar-refractivity contribution in [3.05, 3.63) is 141 Å². The second kappa shape index (κ2) is 21.3. The molecule has 8 heteroatoms. The minimum absolute atomic E-state index is 1.06. The van der Waals surface area contributed by atoms with Crippen LogP contribution in [0.3, 0.4) is 0 Å². The van der Waals surface area contributed by atoms with E-state index in [1.165, 1.54) is 100 Å². The molecule has 2 aliphatic heterocycles. The van der Waals surface area contributed by atoms with E-state index in [1.54, 1.807) is 0 Å². The van der Waals surface area contributed by atoms with E-state index < -0.39 is 0 Å². The minimum Gasteiger partial charge on any atom is -0.335 e. The van der Waals surface area contributed by atoms with Crippen molar-refractivity contribution in [1.82, 2.24) is 0 Å². The maximum absolute atomic E-state index is 2.50. The van der Waals surface area contributed by atoms with Gasteiger partial charge in [-0.25, -0.2) is 0 Å². The molecular formula is C50H58N4S4+2. The molecule has 0 amide bonds. The molecule has 2 aliphatic rings. The molecule has 4 heterocycles. The number of allylic oxidation sites excluding steroid dienone is 4. The molecule has 4 aromatic carbocycles. The first-order valence-electron chi connectivity index (χ1n) is 21.3. The summed E-state index contributed by atoms with van der Waals surface area (Å²) in [6.45, 7) is 13.3.